The quantitative estimate of drug-likeness (QED) is 0.273. The van der Waals surface area contributed by atoms with Gasteiger partial charge in [-0.15, -0.1) is 0 Å². The van der Waals surface area contributed by atoms with Crippen LogP contribution < -0.4 is 0 Å². The van der Waals surface area contributed by atoms with Crippen LogP contribution in [0.4, 0.5) is 0 Å². The first kappa shape index (κ1) is 24.9. The van der Waals surface area contributed by atoms with Crippen molar-refractivity contribution in [2.45, 2.75) is 24.2 Å². The Balaban J connectivity index is 1.14. The Hall–Kier alpha value is -5.23. The van der Waals surface area contributed by atoms with E-state index in [4.69, 9.17) is 18.9 Å². The van der Waals surface area contributed by atoms with Gasteiger partial charge >= 0.3 is 275 Å². The van der Waals surface area contributed by atoms with Crippen LogP contribution in [0.3, 0.4) is 0 Å². The van der Waals surface area contributed by atoms with Crippen molar-refractivity contribution in [2.75, 3.05) is 26.4 Å². The molecule has 0 N–H and O–H groups in total. The third-order valence-electron chi connectivity index (χ3n) is 9.64. The van der Waals surface area contributed by atoms with Crippen molar-refractivity contribution in [1.82, 2.24) is 49.5 Å². The van der Waals surface area contributed by atoms with Gasteiger partial charge in [0.05, 0.1) is 0 Å². The molecule has 4 aromatic rings. The van der Waals surface area contributed by atoms with Gasteiger partial charge in [0.15, 0.2) is 0 Å². The molecule has 6 bridgehead atoms. The van der Waals surface area contributed by atoms with Gasteiger partial charge in [-0.3, -0.25) is 0 Å². The summed E-state index contributed by atoms with van der Waals surface area (Å²) in [7, 11) is 0. The Morgan fingerprint density at radius 3 is 1.15 bits per heavy atom. The Morgan fingerprint density at radius 2 is 0.830 bits per heavy atom. The molecule has 0 saturated carbocycles. The maximum absolute atomic E-state index is 6.53. The number of benzene rings is 2. The molecular formula is C32H20N10O4Pt-2. The first-order valence-electron chi connectivity index (χ1n) is 15.2. The van der Waals surface area contributed by atoms with Crippen LogP contribution in [0.1, 0.15) is 46.4 Å². The van der Waals surface area contributed by atoms with E-state index in [9.17, 15) is 0 Å². The van der Waals surface area contributed by atoms with Crippen LogP contribution >= 0.6 is 0 Å². The summed E-state index contributed by atoms with van der Waals surface area (Å²) in [5.41, 5.74) is 5.81. The van der Waals surface area contributed by atoms with Gasteiger partial charge in [0.1, 0.15) is 0 Å². The molecule has 47 heavy (non-hydrogen) atoms. The molecule has 0 aliphatic carbocycles. The first-order chi connectivity index (χ1) is 23.3. The molecule has 0 radical (unpaired) electrons. The van der Waals surface area contributed by atoms with E-state index in [-0.39, 0.29) is 24.2 Å². The van der Waals surface area contributed by atoms with Gasteiger partial charge in [-0.2, -0.15) is 0 Å². The summed E-state index contributed by atoms with van der Waals surface area (Å²) in [6.07, 6.45) is 6.12. The summed E-state index contributed by atoms with van der Waals surface area (Å²) >= 11 is -0.847. The van der Waals surface area contributed by atoms with Crippen molar-refractivity contribution in [3.05, 3.63) is 107 Å². The van der Waals surface area contributed by atoms with Crippen LogP contribution in [0, 0.1) is 12.1 Å². The summed E-state index contributed by atoms with van der Waals surface area (Å²) in [4.78, 5) is 35.4. The molecule has 4 atom stereocenters. The molecule has 10 heterocycles. The van der Waals surface area contributed by atoms with E-state index < -0.39 is 17.6 Å². The molecule has 14 nitrogen and oxygen atoms in total. The van der Waals surface area contributed by atoms with Crippen LogP contribution in [-0.4, -0.2) is 84.2 Å². The third-order valence-corrected chi connectivity index (χ3v) is 12.8. The molecular weight excluding hydrogens is 783 g/mol. The Labute approximate surface area is 274 Å². The SMILES string of the molecule is [c-]1c2cc(-c3ncncn3)cc1C1COC3=C4OCC5c6[c-]c(cc(-c7ncncn7)c6)C6COC7=C8OCC2N8[C](=[Pt]=[C](N31)N45)N76. The summed E-state index contributed by atoms with van der Waals surface area (Å²) in [6, 6.07) is 15.6. The summed E-state index contributed by atoms with van der Waals surface area (Å²) in [5, 5.41) is 0. The molecule has 8 aliphatic heterocycles. The normalized spacial score (nSPS) is 26.7. The van der Waals surface area contributed by atoms with E-state index in [1.54, 1.807) is 0 Å². The molecule has 234 valence electrons. The van der Waals surface area contributed by atoms with E-state index in [0.29, 0.717) is 38.1 Å². The first-order valence-corrected chi connectivity index (χ1v) is 17.4. The van der Waals surface area contributed by atoms with E-state index >= 15 is 0 Å². The van der Waals surface area contributed by atoms with Crippen molar-refractivity contribution in [2.24, 2.45) is 0 Å². The second kappa shape index (κ2) is 8.76. The number of ether oxygens (including phenoxy) is 4. The molecule has 8 aliphatic rings. The summed E-state index contributed by atoms with van der Waals surface area (Å²) in [6.45, 7) is 1.89. The molecule has 15 heteroatoms. The number of fused-ring (bicyclic) bond motifs is 8. The van der Waals surface area contributed by atoms with Gasteiger partial charge < -0.3 is 0 Å². The predicted molar refractivity (Wildman–Crippen MR) is 154 cm³/mol. The third kappa shape index (κ3) is 3.18. The topological polar surface area (TPSA) is 127 Å². The molecule has 4 unspecified atom stereocenters. The average molecular weight is 804 g/mol. The zero-order valence-electron chi connectivity index (χ0n) is 24.2. The molecule has 4 saturated heterocycles. The minimum atomic E-state index is -0.847. The predicted octanol–water partition coefficient (Wildman–Crippen LogP) is 1.75. The van der Waals surface area contributed by atoms with Crippen LogP contribution in [-0.2, 0) is 36.6 Å². The van der Waals surface area contributed by atoms with E-state index in [1.165, 1.54) is 33.6 Å². The van der Waals surface area contributed by atoms with Crippen LogP contribution in [0.2, 0.25) is 0 Å². The second-order valence-electron chi connectivity index (χ2n) is 12.1. The van der Waals surface area contributed by atoms with Crippen molar-refractivity contribution in [3.8, 4) is 22.8 Å². The van der Waals surface area contributed by atoms with E-state index in [0.717, 1.165) is 56.9 Å². The van der Waals surface area contributed by atoms with Gasteiger partial charge in [-0.05, 0) is 0 Å². The van der Waals surface area contributed by atoms with Gasteiger partial charge in [0, 0.05) is 0 Å². The van der Waals surface area contributed by atoms with Gasteiger partial charge in [0.25, 0.3) is 0 Å². The van der Waals surface area contributed by atoms with Crippen LogP contribution in [0.25, 0.3) is 22.8 Å². The van der Waals surface area contributed by atoms with Gasteiger partial charge in [-0.25, -0.2) is 0 Å². The fourth-order valence-electron chi connectivity index (χ4n) is 7.57. The number of aromatic nitrogens is 6. The molecule has 0 spiro atoms. The van der Waals surface area contributed by atoms with Crippen LogP contribution in [0.15, 0.2) is 73.1 Å². The van der Waals surface area contributed by atoms with Crippen molar-refractivity contribution in [3.63, 3.8) is 0 Å². The van der Waals surface area contributed by atoms with Gasteiger partial charge in [0.2, 0.25) is 0 Å². The Kier molecular flexibility index (Phi) is 4.65. The average Bonchev–Trinajstić information content (AvgIpc) is 3.96. The Morgan fingerprint density at radius 1 is 0.511 bits per heavy atom. The fourth-order valence-corrected chi connectivity index (χ4v) is 11.5. The molecule has 4 fully saturated rings. The summed E-state index contributed by atoms with van der Waals surface area (Å²) < 4.78 is 28.5. The number of nitrogens with zero attached hydrogens (tertiary/aromatic N) is 10. The molecule has 2 aromatic carbocycles. The molecule has 0 amide bonds. The Bertz CT molecular complexity index is 1970. The van der Waals surface area contributed by atoms with Gasteiger partial charge in [-0.1, -0.05) is 0 Å². The second-order valence-corrected chi connectivity index (χ2v) is 14.7. The van der Waals surface area contributed by atoms with Crippen molar-refractivity contribution >= 4 is 8.29 Å². The number of hydrogen-bond acceptors (Lipinski definition) is 14. The number of rotatable bonds is 2. The summed E-state index contributed by atoms with van der Waals surface area (Å²) in [5.74, 6) is 4.21. The van der Waals surface area contributed by atoms with Crippen molar-refractivity contribution < 1.29 is 36.6 Å². The molecule has 12 rings (SSSR count). The van der Waals surface area contributed by atoms with E-state index in [2.05, 4.69) is 85.9 Å². The number of hydrogen-bond donors (Lipinski definition) is 0. The van der Waals surface area contributed by atoms with Crippen molar-refractivity contribution in [1.29, 1.82) is 0 Å². The zero-order valence-corrected chi connectivity index (χ0v) is 26.5. The monoisotopic (exact) mass is 803 g/mol. The van der Waals surface area contributed by atoms with E-state index in [1.807, 2.05) is 0 Å². The fraction of sp³-hybridized carbons (Fsp3) is 0.250. The molecule has 2 aromatic heterocycles. The zero-order chi connectivity index (χ0) is 30.4. The maximum atomic E-state index is 6.53. The van der Waals surface area contributed by atoms with Crippen LogP contribution in [0.5, 0.6) is 0 Å². The standard InChI is InChI=1S/C32H20N10O4.Pt/c1-17-3-21(27-35-11-33-12-36-27)4-18(1)24-8-44-30-32-42(16-40(24)30)26(10-46-32)20-2-19(5-22(6-20)28-37-13-34-14-38-28)25-9-45-31-29-39(15-41(25)31)23(17)7-43-29;/h3-6,11-14,23-26H,7-10H2;/q-2;. The minimum absolute atomic E-state index is 0.115.